The van der Waals surface area contributed by atoms with Gasteiger partial charge in [-0.3, -0.25) is 34.2 Å². The molecule has 1 saturated heterocycles. The molecule has 346 valence electrons. The number of thiophene rings is 1. The number of ether oxygens (including phenoxy) is 4. The maximum absolute atomic E-state index is 13.9. The molecule has 3 aromatic carbocycles. The normalized spacial score (nSPS) is 16.4. The minimum Gasteiger partial charge on any atom is -0.493 e. The molecular formula is C48H56N4O11S2. The summed E-state index contributed by atoms with van der Waals surface area (Å²) in [6.07, 6.45) is 8.84. The molecule has 7 rings (SSSR count). The largest absolute Gasteiger partial charge is 0.493 e. The van der Waals surface area contributed by atoms with E-state index in [-0.39, 0.29) is 29.4 Å². The van der Waals surface area contributed by atoms with E-state index in [9.17, 15) is 32.4 Å². The number of sulfone groups is 1. The average molecular weight is 929 g/mol. The quantitative estimate of drug-likeness (QED) is 0.0555. The molecule has 1 fully saturated rings. The van der Waals surface area contributed by atoms with Crippen LogP contribution in [-0.4, -0.2) is 92.7 Å². The minimum atomic E-state index is -3.63. The monoisotopic (exact) mass is 928 g/mol. The summed E-state index contributed by atoms with van der Waals surface area (Å²) >= 11 is 1.48. The number of rotatable bonds is 24. The summed E-state index contributed by atoms with van der Waals surface area (Å²) in [7, 11) is -2.13. The van der Waals surface area contributed by atoms with Crippen LogP contribution in [-0.2, 0) is 39.1 Å². The first-order valence-corrected chi connectivity index (χ1v) is 25.1. The fourth-order valence-corrected chi connectivity index (χ4v) is 10.3. The Balaban J connectivity index is 0.775. The predicted octanol–water partition coefficient (Wildman–Crippen LogP) is 6.78. The lowest BCUT2D eigenvalue weighted by Crippen LogP contribution is -2.52. The van der Waals surface area contributed by atoms with Crippen molar-refractivity contribution >= 4 is 50.7 Å². The molecule has 0 radical (unpaired) electrons. The van der Waals surface area contributed by atoms with Crippen LogP contribution in [0.1, 0.15) is 123 Å². The molecule has 0 aliphatic carbocycles. The van der Waals surface area contributed by atoms with Gasteiger partial charge in [-0.25, -0.2) is 8.42 Å². The van der Waals surface area contributed by atoms with Crippen LogP contribution >= 0.6 is 11.3 Å². The van der Waals surface area contributed by atoms with E-state index >= 15 is 0 Å². The molecular weight excluding hydrogens is 873 g/mol. The maximum Gasteiger partial charge on any atom is 0.265 e. The lowest BCUT2D eigenvalue weighted by Gasteiger charge is -2.29. The van der Waals surface area contributed by atoms with Gasteiger partial charge in [-0.05, 0) is 80.3 Å². The number of carbonyl (C=O) groups is 5. The minimum absolute atomic E-state index is 0.144. The van der Waals surface area contributed by atoms with E-state index in [0.717, 1.165) is 90.9 Å². The van der Waals surface area contributed by atoms with Crippen molar-refractivity contribution in [3.63, 3.8) is 0 Å². The fraction of sp³-hybridized carbons (Fsp3) is 0.438. The molecule has 4 aromatic rings. The number of carbonyl (C=O) groups excluding carboxylic acids is 5. The number of nitrogens with zero attached hydrogens (tertiary/aromatic N) is 2. The van der Waals surface area contributed by atoms with E-state index in [2.05, 4.69) is 10.6 Å². The molecule has 5 amide bonds. The third-order valence-electron chi connectivity index (χ3n) is 11.8. The van der Waals surface area contributed by atoms with Crippen molar-refractivity contribution in [3.05, 3.63) is 104 Å². The van der Waals surface area contributed by atoms with E-state index < -0.39 is 45.4 Å². The Morgan fingerprint density at radius 1 is 0.831 bits per heavy atom. The number of hydrogen-bond donors (Lipinski definition) is 2. The number of benzene rings is 3. The van der Waals surface area contributed by atoms with Crippen molar-refractivity contribution in [2.45, 2.75) is 96.5 Å². The smallest absolute Gasteiger partial charge is 0.265 e. The highest BCUT2D eigenvalue weighted by atomic mass is 32.2. The summed E-state index contributed by atoms with van der Waals surface area (Å²) in [5, 5.41) is 7.68. The van der Waals surface area contributed by atoms with E-state index in [4.69, 9.17) is 18.9 Å². The Labute approximate surface area is 383 Å². The van der Waals surface area contributed by atoms with Crippen LogP contribution < -0.4 is 29.6 Å². The first-order valence-electron chi connectivity index (χ1n) is 22.1. The van der Waals surface area contributed by atoms with Crippen LogP contribution in [0.25, 0.3) is 0 Å². The third-order valence-corrected chi connectivity index (χ3v) is 13.7. The summed E-state index contributed by atoms with van der Waals surface area (Å²) in [4.78, 5) is 68.2. The molecule has 0 spiro atoms. The molecule has 3 aliphatic rings. The standard InChI is InChI=1S/C48H56N4O11S2/c1-4-61-41-25-32(17-21-39(41)60-2)38(30-65(3,58)59)52-47(56)34-13-12-14-40(44(34)48(52)57)62-24-11-9-7-5-6-8-10-23-49-26-31-15-18-33(19-16-31)63-28-42-35-27-51(46(55)36(35)29-64-42)37-20-22-43(53)50-45(37)54/h12-19,21,25,29,37-38,49H,4-11,20,22-24,26-28,30H2,1-3H3,(H,50,53,54). The molecule has 2 unspecified atom stereocenters. The highest BCUT2D eigenvalue weighted by Crippen LogP contribution is 2.40. The second-order valence-corrected chi connectivity index (χ2v) is 19.6. The second kappa shape index (κ2) is 21.5. The van der Waals surface area contributed by atoms with Gasteiger partial charge >= 0.3 is 0 Å². The highest BCUT2D eigenvalue weighted by molar-refractivity contribution is 7.90. The maximum atomic E-state index is 13.9. The number of nitrogens with one attached hydrogen (secondary N) is 2. The number of fused-ring (bicyclic) bond motifs is 2. The van der Waals surface area contributed by atoms with Crippen LogP contribution in [0.4, 0.5) is 0 Å². The van der Waals surface area contributed by atoms with Crippen LogP contribution in [0.5, 0.6) is 23.0 Å². The number of methoxy groups -OCH3 is 1. The Morgan fingerprint density at radius 3 is 2.31 bits per heavy atom. The van der Waals surface area contributed by atoms with Crippen LogP contribution in [0.3, 0.4) is 0 Å². The van der Waals surface area contributed by atoms with E-state index in [1.807, 2.05) is 36.6 Å². The summed E-state index contributed by atoms with van der Waals surface area (Å²) in [6.45, 7) is 4.85. The molecule has 0 bridgehead atoms. The second-order valence-electron chi connectivity index (χ2n) is 16.5. The van der Waals surface area contributed by atoms with Crippen LogP contribution in [0.2, 0.25) is 0 Å². The number of unbranched alkanes of at least 4 members (excludes halogenated alkanes) is 6. The van der Waals surface area contributed by atoms with Crippen molar-refractivity contribution in [2.75, 3.05) is 38.9 Å². The SMILES string of the molecule is CCOc1cc(C(CS(C)(=O)=O)N2C(=O)c3cccc(OCCCCCCCCCNCc4ccc(OCc5scc6c5CN(C5CCC(=O)NC5=O)C6=O)cc4)c3C2=O)ccc1OC. The first kappa shape index (κ1) is 47.2. The molecule has 2 atom stereocenters. The summed E-state index contributed by atoms with van der Waals surface area (Å²) in [6, 6.07) is 16.0. The molecule has 65 heavy (non-hydrogen) atoms. The van der Waals surface area contributed by atoms with Crippen molar-refractivity contribution in [3.8, 4) is 23.0 Å². The zero-order valence-electron chi connectivity index (χ0n) is 37.0. The van der Waals surface area contributed by atoms with Crippen molar-refractivity contribution in [2.24, 2.45) is 0 Å². The van der Waals surface area contributed by atoms with Crippen molar-refractivity contribution in [1.82, 2.24) is 20.4 Å². The van der Waals surface area contributed by atoms with Gasteiger partial charge in [0.05, 0.1) is 48.8 Å². The molecule has 0 saturated carbocycles. The lowest BCUT2D eigenvalue weighted by atomic mass is 10.0. The lowest BCUT2D eigenvalue weighted by molar-refractivity contribution is -0.136. The number of piperidine rings is 1. The van der Waals surface area contributed by atoms with Gasteiger partial charge < -0.3 is 29.2 Å². The Hall–Kier alpha value is -5.78. The van der Waals surface area contributed by atoms with Gasteiger partial charge in [-0.1, -0.05) is 56.4 Å². The summed E-state index contributed by atoms with van der Waals surface area (Å²) in [5.41, 5.74) is 3.40. The van der Waals surface area contributed by atoms with Gasteiger partial charge in [0.25, 0.3) is 17.7 Å². The molecule has 17 heteroatoms. The third kappa shape index (κ3) is 11.4. The Kier molecular flexibility index (Phi) is 15.6. The first-order chi connectivity index (χ1) is 31.4. The van der Waals surface area contributed by atoms with Crippen LogP contribution in [0.15, 0.2) is 66.0 Å². The number of amides is 5. The Morgan fingerprint density at radius 2 is 1.58 bits per heavy atom. The fourth-order valence-electron chi connectivity index (χ4n) is 8.48. The molecule has 15 nitrogen and oxygen atoms in total. The van der Waals surface area contributed by atoms with Crippen molar-refractivity contribution < 1.29 is 51.3 Å². The Bertz CT molecular complexity index is 2510. The zero-order valence-corrected chi connectivity index (χ0v) is 38.7. The van der Waals surface area contributed by atoms with E-state index in [1.165, 1.54) is 18.4 Å². The van der Waals surface area contributed by atoms with Crippen molar-refractivity contribution in [1.29, 1.82) is 0 Å². The van der Waals surface area contributed by atoms with Gasteiger partial charge in [0, 0.05) is 41.6 Å². The molecule has 1 aromatic heterocycles. The van der Waals surface area contributed by atoms with Gasteiger partial charge in [-0.2, -0.15) is 0 Å². The van der Waals surface area contributed by atoms with Crippen LogP contribution in [0, 0.1) is 0 Å². The van der Waals surface area contributed by atoms with Gasteiger partial charge in [0.15, 0.2) is 11.5 Å². The average Bonchev–Trinajstić information content (AvgIpc) is 3.92. The van der Waals surface area contributed by atoms with Gasteiger partial charge in [0.2, 0.25) is 11.8 Å². The van der Waals surface area contributed by atoms with E-state index in [0.29, 0.717) is 61.2 Å². The van der Waals surface area contributed by atoms with Gasteiger partial charge in [-0.15, -0.1) is 11.3 Å². The zero-order chi connectivity index (χ0) is 46.1. The molecule has 2 N–H and O–H groups in total. The molecule has 3 aliphatic heterocycles. The topological polar surface area (TPSA) is 187 Å². The number of imide groups is 2. The summed E-state index contributed by atoms with van der Waals surface area (Å²) < 4.78 is 48.4. The summed E-state index contributed by atoms with van der Waals surface area (Å²) in [5.74, 6) is -0.660. The van der Waals surface area contributed by atoms with E-state index in [1.54, 1.807) is 41.3 Å². The molecule has 4 heterocycles. The predicted molar refractivity (Wildman–Crippen MR) is 244 cm³/mol. The van der Waals surface area contributed by atoms with Gasteiger partial charge in [0.1, 0.15) is 34.0 Å². The highest BCUT2D eigenvalue weighted by Gasteiger charge is 2.44. The number of hydrogen-bond acceptors (Lipinski definition) is 13.